The van der Waals surface area contributed by atoms with Crippen molar-refractivity contribution >= 4 is 0 Å². The molecule has 0 rings (SSSR count). The molecular formula is C9H21NO. The van der Waals surface area contributed by atoms with Crippen molar-refractivity contribution in [2.75, 3.05) is 13.2 Å². The smallest absolute Gasteiger partial charge is 0.105 e. The van der Waals surface area contributed by atoms with Gasteiger partial charge in [-0.1, -0.05) is 26.7 Å². The van der Waals surface area contributed by atoms with E-state index < -0.39 is 0 Å². The SMILES string of the molecule is CCCCCOC(C)NCC. The molecule has 0 radical (unpaired) electrons. The molecule has 0 aliphatic heterocycles. The van der Waals surface area contributed by atoms with Gasteiger partial charge in [-0.25, -0.2) is 0 Å². The number of unbranched alkanes of at least 4 members (excludes halogenated alkanes) is 2. The zero-order chi connectivity index (χ0) is 8.53. The average molecular weight is 159 g/mol. The number of ether oxygens (including phenoxy) is 1. The third kappa shape index (κ3) is 7.82. The quantitative estimate of drug-likeness (QED) is 0.454. The molecule has 2 heteroatoms. The molecule has 2 nitrogen and oxygen atoms in total. The summed E-state index contributed by atoms with van der Waals surface area (Å²) in [6, 6.07) is 0. The van der Waals surface area contributed by atoms with Crippen LogP contribution in [0.5, 0.6) is 0 Å². The summed E-state index contributed by atoms with van der Waals surface area (Å²) in [7, 11) is 0. The Morgan fingerprint density at radius 1 is 1.27 bits per heavy atom. The third-order valence-electron chi connectivity index (χ3n) is 1.61. The Bertz CT molecular complexity index is 76.0. The van der Waals surface area contributed by atoms with Crippen molar-refractivity contribution in [2.24, 2.45) is 0 Å². The van der Waals surface area contributed by atoms with Gasteiger partial charge < -0.3 is 4.74 Å². The molecule has 11 heavy (non-hydrogen) atoms. The molecule has 0 aliphatic carbocycles. The first-order valence-electron chi connectivity index (χ1n) is 4.66. The number of hydrogen-bond donors (Lipinski definition) is 1. The van der Waals surface area contributed by atoms with Gasteiger partial charge in [0, 0.05) is 6.61 Å². The maximum Gasteiger partial charge on any atom is 0.105 e. The van der Waals surface area contributed by atoms with Gasteiger partial charge in [0.1, 0.15) is 6.23 Å². The van der Waals surface area contributed by atoms with Gasteiger partial charge in [-0.2, -0.15) is 0 Å². The van der Waals surface area contributed by atoms with Crippen LogP contribution in [0.15, 0.2) is 0 Å². The number of hydrogen-bond acceptors (Lipinski definition) is 2. The van der Waals surface area contributed by atoms with Crippen molar-refractivity contribution in [2.45, 2.75) is 46.3 Å². The van der Waals surface area contributed by atoms with Gasteiger partial charge >= 0.3 is 0 Å². The Kier molecular flexibility index (Phi) is 7.96. The first-order chi connectivity index (χ1) is 5.31. The van der Waals surface area contributed by atoms with Gasteiger partial charge in [-0.15, -0.1) is 0 Å². The molecule has 0 saturated carbocycles. The topological polar surface area (TPSA) is 21.3 Å². The van der Waals surface area contributed by atoms with Crippen molar-refractivity contribution in [3.63, 3.8) is 0 Å². The maximum atomic E-state index is 5.47. The van der Waals surface area contributed by atoms with Gasteiger partial charge in [-0.05, 0) is 19.9 Å². The van der Waals surface area contributed by atoms with Crippen LogP contribution in [0.1, 0.15) is 40.0 Å². The van der Waals surface area contributed by atoms with Gasteiger partial charge in [0.25, 0.3) is 0 Å². The second-order valence-electron chi connectivity index (χ2n) is 2.78. The third-order valence-corrected chi connectivity index (χ3v) is 1.61. The van der Waals surface area contributed by atoms with E-state index in [1.54, 1.807) is 0 Å². The molecule has 0 amide bonds. The Labute approximate surface area is 70.3 Å². The van der Waals surface area contributed by atoms with Crippen LogP contribution in [0.2, 0.25) is 0 Å². The van der Waals surface area contributed by atoms with E-state index in [0.29, 0.717) is 0 Å². The lowest BCUT2D eigenvalue weighted by Crippen LogP contribution is -2.28. The van der Waals surface area contributed by atoms with Crippen LogP contribution >= 0.6 is 0 Å². The molecule has 0 spiro atoms. The lowest BCUT2D eigenvalue weighted by Gasteiger charge is -2.12. The summed E-state index contributed by atoms with van der Waals surface area (Å²) < 4.78 is 5.47. The largest absolute Gasteiger partial charge is 0.364 e. The van der Waals surface area contributed by atoms with Crippen molar-refractivity contribution in [1.82, 2.24) is 5.32 Å². The van der Waals surface area contributed by atoms with Crippen LogP contribution in [0.3, 0.4) is 0 Å². The number of nitrogens with one attached hydrogen (secondary N) is 1. The van der Waals surface area contributed by atoms with Gasteiger partial charge in [0.15, 0.2) is 0 Å². The predicted octanol–water partition coefficient (Wildman–Crippen LogP) is 2.15. The molecule has 0 aliphatic rings. The highest BCUT2D eigenvalue weighted by Gasteiger charge is 1.96. The molecule has 0 heterocycles. The van der Waals surface area contributed by atoms with Crippen LogP contribution in [0.25, 0.3) is 0 Å². The highest BCUT2D eigenvalue weighted by molar-refractivity contribution is 4.44. The minimum Gasteiger partial charge on any atom is -0.364 e. The molecule has 1 N–H and O–H groups in total. The minimum absolute atomic E-state index is 0.219. The summed E-state index contributed by atoms with van der Waals surface area (Å²) in [4.78, 5) is 0. The van der Waals surface area contributed by atoms with E-state index in [2.05, 4.69) is 26.1 Å². The van der Waals surface area contributed by atoms with E-state index >= 15 is 0 Å². The summed E-state index contributed by atoms with van der Waals surface area (Å²) in [5.41, 5.74) is 0. The molecule has 0 aromatic heterocycles. The van der Waals surface area contributed by atoms with Crippen LogP contribution in [0.4, 0.5) is 0 Å². The maximum absolute atomic E-state index is 5.47. The first-order valence-corrected chi connectivity index (χ1v) is 4.66. The van der Waals surface area contributed by atoms with E-state index in [9.17, 15) is 0 Å². The Hall–Kier alpha value is -0.0800. The zero-order valence-corrected chi connectivity index (χ0v) is 8.02. The fraction of sp³-hybridized carbons (Fsp3) is 1.00. The Morgan fingerprint density at radius 2 is 2.00 bits per heavy atom. The lowest BCUT2D eigenvalue weighted by molar-refractivity contribution is 0.0417. The highest BCUT2D eigenvalue weighted by Crippen LogP contribution is 1.95. The van der Waals surface area contributed by atoms with Crippen LogP contribution in [-0.4, -0.2) is 19.4 Å². The van der Waals surface area contributed by atoms with Crippen molar-refractivity contribution in [1.29, 1.82) is 0 Å². The fourth-order valence-corrected chi connectivity index (χ4v) is 0.959. The number of rotatable bonds is 7. The summed E-state index contributed by atoms with van der Waals surface area (Å²) in [6.07, 6.45) is 3.95. The fourth-order valence-electron chi connectivity index (χ4n) is 0.959. The molecule has 1 unspecified atom stereocenters. The molecule has 0 fully saturated rings. The first kappa shape index (κ1) is 10.9. The predicted molar refractivity (Wildman–Crippen MR) is 48.6 cm³/mol. The Morgan fingerprint density at radius 3 is 2.55 bits per heavy atom. The second kappa shape index (κ2) is 8.02. The zero-order valence-electron chi connectivity index (χ0n) is 8.02. The van der Waals surface area contributed by atoms with E-state index in [0.717, 1.165) is 13.2 Å². The molecular weight excluding hydrogens is 138 g/mol. The Balaban J connectivity index is 2.97. The normalized spacial score (nSPS) is 13.4. The van der Waals surface area contributed by atoms with Crippen LogP contribution in [-0.2, 0) is 4.74 Å². The molecule has 0 aromatic carbocycles. The van der Waals surface area contributed by atoms with Crippen molar-refractivity contribution < 1.29 is 4.74 Å². The molecule has 0 bridgehead atoms. The molecule has 0 aromatic rings. The summed E-state index contributed by atoms with van der Waals surface area (Å²) in [5, 5.41) is 3.20. The van der Waals surface area contributed by atoms with Crippen LogP contribution in [0, 0.1) is 0 Å². The summed E-state index contributed by atoms with van der Waals surface area (Å²) in [5.74, 6) is 0. The second-order valence-corrected chi connectivity index (χ2v) is 2.78. The molecule has 1 atom stereocenters. The monoisotopic (exact) mass is 159 g/mol. The lowest BCUT2D eigenvalue weighted by atomic mass is 10.3. The van der Waals surface area contributed by atoms with Gasteiger partial charge in [0.2, 0.25) is 0 Å². The van der Waals surface area contributed by atoms with E-state index in [-0.39, 0.29) is 6.23 Å². The van der Waals surface area contributed by atoms with E-state index in [4.69, 9.17) is 4.74 Å². The van der Waals surface area contributed by atoms with Crippen molar-refractivity contribution in [3.05, 3.63) is 0 Å². The van der Waals surface area contributed by atoms with Gasteiger partial charge in [0.05, 0.1) is 0 Å². The summed E-state index contributed by atoms with van der Waals surface area (Å²) >= 11 is 0. The minimum atomic E-state index is 0.219. The standard InChI is InChI=1S/C9H21NO/c1-4-6-7-8-11-9(3)10-5-2/h9-10H,4-8H2,1-3H3. The summed E-state index contributed by atoms with van der Waals surface area (Å²) in [6.45, 7) is 8.21. The van der Waals surface area contributed by atoms with Gasteiger partial charge in [-0.3, -0.25) is 5.32 Å². The van der Waals surface area contributed by atoms with Crippen LogP contribution < -0.4 is 5.32 Å². The molecule has 0 saturated heterocycles. The van der Waals surface area contributed by atoms with E-state index in [1.165, 1.54) is 19.3 Å². The average Bonchev–Trinajstić information content (AvgIpc) is 1.99. The van der Waals surface area contributed by atoms with Crippen molar-refractivity contribution in [3.8, 4) is 0 Å². The van der Waals surface area contributed by atoms with E-state index in [1.807, 2.05) is 0 Å². The molecule has 68 valence electrons. The highest BCUT2D eigenvalue weighted by atomic mass is 16.5.